The molecule has 0 aromatic rings. The highest BCUT2D eigenvalue weighted by Crippen LogP contribution is 2.23. The molecule has 0 bridgehead atoms. The predicted molar refractivity (Wildman–Crippen MR) is 73.4 cm³/mol. The van der Waals surface area contributed by atoms with E-state index in [1.54, 1.807) is 0 Å². The maximum absolute atomic E-state index is 5.17. The number of hydrogen-bond donors (Lipinski definition) is 0. The second-order valence-electron chi connectivity index (χ2n) is 4.79. The molecule has 0 spiro atoms. The maximum atomic E-state index is 5.17. The summed E-state index contributed by atoms with van der Waals surface area (Å²) in [5, 5.41) is 0. The minimum Gasteiger partial charge on any atom is -0.0939 e. The molecule has 0 aliphatic rings. The van der Waals surface area contributed by atoms with Crippen LogP contribution in [0.15, 0.2) is 0 Å². The van der Waals surface area contributed by atoms with E-state index in [4.69, 9.17) is 12.6 Å². The zero-order chi connectivity index (χ0) is 11.5. The van der Waals surface area contributed by atoms with Gasteiger partial charge in [0.05, 0.1) is 0 Å². The Morgan fingerprint density at radius 1 is 0.800 bits per heavy atom. The Bertz CT molecular complexity index is 119. The largest absolute Gasteiger partial charge is 0.0939 e. The molecule has 0 heterocycles. The van der Waals surface area contributed by atoms with Crippen LogP contribution >= 0.6 is 12.6 Å². The summed E-state index contributed by atoms with van der Waals surface area (Å²) in [4.78, 5) is 0. The van der Waals surface area contributed by atoms with E-state index in [1.165, 1.54) is 51.4 Å². The van der Waals surface area contributed by atoms with Crippen molar-refractivity contribution in [3.63, 3.8) is 0 Å². The molecule has 0 aromatic heterocycles. The molecule has 0 saturated carbocycles. The van der Waals surface area contributed by atoms with E-state index in [0.29, 0.717) is 0 Å². The average Bonchev–Trinajstić information content (AvgIpc) is 2.28. The van der Waals surface area contributed by atoms with Gasteiger partial charge in [-0.25, -0.2) is 0 Å². The van der Waals surface area contributed by atoms with E-state index in [-0.39, 0.29) is 0 Å². The smallest absolute Gasteiger partial charge is 0.00652 e. The molecular formula is C14H29S. The van der Waals surface area contributed by atoms with Crippen molar-refractivity contribution in [3.8, 4) is 0 Å². The Morgan fingerprint density at radius 2 is 1.40 bits per heavy atom. The van der Waals surface area contributed by atoms with E-state index in [0.717, 1.165) is 17.6 Å². The first-order valence-electron chi connectivity index (χ1n) is 6.86. The Balaban J connectivity index is 3.59. The van der Waals surface area contributed by atoms with Gasteiger partial charge in [-0.1, -0.05) is 78.3 Å². The quantitative estimate of drug-likeness (QED) is 0.428. The van der Waals surface area contributed by atoms with Crippen LogP contribution in [0.4, 0.5) is 0 Å². The first kappa shape index (κ1) is 15.3. The molecule has 0 aliphatic heterocycles. The van der Waals surface area contributed by atoms with Crippen molar-refractivity contribution < 1.29 is 0 Å². The fraction of sp³-hybridized carbons (Fsp3) is 1.00. The summed E-state index contributed by atoms with van der Waals surface area (Å²) in [5.74, 6) is 2.73. The van der Waals surface area contributed by atoms with Gasteiger partial charge >= 0.3 is 0 Å². The van der Waals surface area contributed by atoms with E-state index in [9.17, 15) is 0 Å². The molecule has 91 valence electrons. The predicted octanol–water partition coefficient (Wildman–Crippen LogP) is 5.60. The van der Waals surface area contributed by atoms with Crippen LogP contribution < -0.4 is 0 Å². The minimum absolute atomic E-state index is 0.806. The van der Waals surface area contributed by atoms with Gasteiger partial charge in [0.1, 0.15) is 0 Å². The zero-order valence-electron chi connectivity index (χ0n) is 10.9. The molecule has 2 unspecified atom stereocenters. The topological polar surface area (TPSA) is 0 Å². The van der Waals surface area contributed by atoms with Crippen molar-refractivity contribution in [2.45, 2.75) is 72.1 Å². The molecule has 0 nitrogen and oxygen atoms in total. The molecule has 1 heteroatoms. The first-order chi connectivity index (χ1) is 7.28. The van der Waals surface area contributed by atoms with Crippen LogP contribution in [0.3, 0.4) is 0 Å². The van der Waals surface area contributed by atoms with Crippen LogP contribution in [-0.2, 0) is 0 Å². The van der Waals surface area contributed by atoms with Crippen LogP contribution in [-0.4, -0.2) is 5.75 Å². The third kappa shape index (κ3) is 8.19. The highest BCUT2D eigenvalue weighted by atomic mass is 32.1. The normalized spacial score (nSPS) is 15.2. The lowest BCUT2D eigenvalue weighted by molar-refractivity contribution is 0.367. The first-order valence-corrected chi connectivity index (χ1v) is 7.44. The summed E-state index contributed by atoms with van der Waals surface area (Å²) in [6.45, 7) is 6.89. The van der Waals surface area contributed by atoms with Crippen molar-refractivity contribution in [2.75, 3.05) is 5.75 Å². The molecule has 0 aromatic carbocycles. The lowest BCUT2D eigenvalue weighted by Gasteiger charge is -2.18. The summed E-state index contributed by atoms with van der Waals surface area (Å²) in [6.07, 6.45) is 11.0. The molecule has 0 saturated heterocycles. The molecule has 0 amide bonds. The highest BCUT2D eigenvalue weighted by Gasteiger charge is 2.10. The van der Waals surface area contributed by atoms with Gasteiger partial charge in [0, 0.05) is 5.75 Å². The molecule has 0 N–H and O–H groups in total. The van der Waals surface area contributed by atoms with Crippen LogP contribution in [0.25, 0.3) is 0 Å². The van der Waals surface area contributed by atoms with E-state index >= 15 is 0 Å². The van der Waals surface area contributed by atoms with Gasteiger partial charge in [-0.3, -0.25) is 0 Å². The summed E-state index contributed by atoms with van der Waals surface area (Å²) in [6, 6.07) is 0. The molecule has 2 atom stereocenters. The summed E-state index contributed by atoms with van der Waals surface area (Å²) in [5.41, 5.74) is 0. The Morgan fingerprint density at radius 3 is 1.87 bits per heavy atom. The molecule has 0 fully saturated rings. The minimum atomic E-state index is 0.806. The Hall–Kier alpha value is 0.350. The van der Waals surface area contributed by atoms with Gasteiger partial charge in [0.25, 0.3) is 0 Å². The van der Waals surface area contributed by atoms with Crippen LogP contribution in [0.5, 0.6) is 0 Å². The molecule has 15 heavy (non-hydrogen) atoms. The van der Waals surface area contributed by atoms with Crippen molar-refractivity contribution in [1.29, 1.82) is 0 Å². The fourth-order valence-electron chi connectivity index (χ4n) is 2.11. The summed E-state index contributed by atoms with van der Waals surface area (Å²) in [7, 11) is 0. The summed E-state index contributed by atoms with van der Waals surface area (Å²) >= 11 is 5.17. The SMILES string of the molecule is CCCCCC(CC)CCC(CC)C[S]. The van der Waals surface area contributed by atoms with Crippen molar-refractivity contribution in [3.05, 3.63) is 0 Å². The number of hydrogen-bond acceptors (Lipinski definition) is 0. The average molecular weight is 229 g/mol. The van der Waals surface area contributed by atoms with Gasteiger partial charge in [-0.05, 0) is 18.3 Å². The highest BCUT2D eigenvalue weighted by molar-refractivity contribution is 7.80. The lowest BCUT2D eigenvalue weighted by Crippen LogP contribution is -2.06. The fourth-order valence-corrected chi connectivity index (χ4v) is 2.51. The third-order valence-corrected chi connectivity index (χ3v) is 4.06. The second kappa shape index (κ2) is 10.9. The third-order valence-electron chi connectivity index (χ3n) is 3.59. The van der Waals surface area contributed by atoms with E-state index in [1.807, 2.05) is 0 Å². The number of rotatable bonds is 10. The zero-order valence-corrected chi connectivity index (χ0v) is 11.7. The van der Waals surface area contributed by atoms with Crippen molar-refractivity contribution in [1.82, 2.24) is 0 Å². The summed E-state index contributed by atoms with van der Waals surface area (Å²) < 4.78 is 0. The maximum Gasteiger partial charge on any atom is 0.00652 e. The number of unbranched alkanes of at least 4 members (excludes halogenated alkanes) is 2. The van der Waals surface area contributed by atoms with Crippen molar-refractivity contribution >= 4 is 12.6 Å². The molecule has 0 rings (SSSR count). The van der Waals surface area contributed by atoms with Gasteiger partial charge in [0.2, 0.25) is 0 Å². The standard InChI is InChI=1S/C14H29S/c1-4-7-8-9-13(5-2)10-11-14(6-3)12-15/h13-14H,4-12H2,1-3H3. The van der Waals surface area contributed by atoms with Gasteiger partial charge < -0.3 is 0 Å². The second-order valence-corrected chi connectivity index (χ2v) is 5.12. The Kier molecular flexibility index (Phi) is 11.1. The monoisotopic (exact) mass is 229 g/mol. The van der Waals surface area contributed by atoms with Crippen LogP contribution in [0, 0.1) is 11.8 Å². The molecular weight excluding hydrogens is 200 g/mol. The molecule has 0 aliphatic carbocycles. The van der Waals surface area contributed by atoms with Crippen LogP contribution in [0.1, 0.15) is 72.1 Å². The van der Waals surface area contributed by atoms with Gasteiger partial charge in [-0.2, -0.15) is 0 Å². The Labute approximate surface area is 103 Å². The van der Waals surface area contributed by atoms with Gasteiger partial charge in [0.15, 0.2) is 0 Å². The van der Waals surface area contributed by atoms with Gasteiger partial charge in [-0.15, -0.1) is 0 Å². The van der Waals surface area contributed by atoms with Crippen LogP contribution in [0.2, 0.25) is 0 Å². The lowest BCUT2D eigenvalue weighted by atomic mass is 9.90. The van der Waals surface area contributed by atoms with Crippen molar-refractivity contribution in [2.24, 2.45) is 11.8 Å². The van der Waals surface area contributed by atoms with E-state index in [2.05, 4.69) is 20.8 Å². The van der Waals surface area contributed by atoms with E-state index < -0.39 is 0 Å². The molecule has 1 radical (unpaired) electrons.